The molecule has 21 heavy (non-hydrogen) atoms. The van der Waals surface area contributed by atoms with Crippen molar-refractivity contribution >= 4 is 17.5 Å². The Hall–Kier alpha value is -2.07. The Morgan fingerprint density at radius 3 is 2.76 bits per heavy atom. The number of nitrogens with one attached hydrogen (secondary N) is 1. The molecule has 5 heteroatoms. The molecule has 0 saturated carbocycles. The lowest BCUT2D eigenvalue weighted by atomic mass is 10.1. The summed E-state index contributed by atoms with van der Waals surface area (Å²) in [6.07, 6.45) is 0.730. The summed E-state index contributed by atoms with van der Waals surface area (Å²) in [5, 5.41) is 12.5. The van der Waals surface area contributed by atoms with Gasteiger partial charge in [-0.25, -0.2) is 0 Å². The van der Waals surface area contributed by atoms with Gasteiger partial charge in [0.2, 0.25) is 0 Å². The van der Waals surface area contributed by atoms with Gasteiger partial charge in [-0.15, -0.1) is 0 Å². The molecule has 0 fully saturated rings. The Labute approximate surface area is 128 Å². The van der Waals surface area contributed by atoms with Crippen LogP contribution in [0.1, 0.15) is 41.1 Å². The lowest BCUT2D eigenvalue weighted by Gasteiger charge is -2.17. The average Bonchev–Trinajstić information content (AvgIpc) is 2.47. The lowest BCUT2D eigenvalue weighted by Crippen LogP contribution is -2.28. The van der Waals surface area contributed by atoms with Crippen molar-refractivity contribution in [3.8, 4) is 5.75 Å². The van der Waals surface area contributed by atoms with Crippen LogP contribution in [0.15, 0.2) is 36.4 Å². The molecule has 0 spiro atoms. The van der Waals surface area contributed by atoms with E-state index in [2.05, 4.69) is 10.3 Å². The van der Waals surface area contributed by atoms with Gasteiger partial charge in [0, 0.05) is 11.3 Å². The van der Waals surface area contributed by atoms with E-state index in [9.17, 15) is 9.90 Å². The third-order valence-electron chi connectivity index (χ3n) is 3.19. The van der Waals surface area contributed by atoms with Crippen LogP contribution in [0.25, 0.3) is 0 Å². The van der Waals surface area contributed by atoms with E-state index >= 15 is 0 Å². The molecule has 110 valence electrons. The molecule has 1 aromatic carbocycles. The summed E-state index contributed by atoms with van der Waals surface area (Å²) in [5.74, 6) is -0.285. The van der Waals surface area contributed by atoms with Gasteiger partial charge in [-0.05, 0) is 43.7 Å². The van der Waals surface area contributed by atoms with Crippen molar-refractivity contribution in [3.63, 3.8) is 0 Å². The summed E-state index contributed by atoms with van der Waals surface area (Å²) >= 11 is 5.82. The second kappa shape index (κ2) is 6.59. The van der Waals surface area contributed by atoms with Gasteiger partial charge in [0.25, 0.3) is 5.91 Å². The highest BCUT2D eigenvalue weighted by atomic mass is 35.5. The van der Waals surface area contributed by atoms with Crippen molar-refractivity contribution < 1.29 is 9.90 Å². The maximum atomic E-state index is 12.3. The summed E-state index contributed by atoms with van der Waals surface area (Å²) in [6, 6.07) is 9.95. The molecular weight excluding hydrogens is 288 g/mol. The fraction of sp³-hybridized carbons (Fsp3) is 0.250. The molecule has 4 nitrogen and oxygen atoms in total. The van der Waals surface area contributed by atoms with Crippen molar-refractivity contribution in [2.24, 2.45) is 0 Å². The highest BCUT2D eigenvalue weighted by Gasteiger charge is 2.16. The van der Waals surface area contributed by atoms with Gasteiger partial charge >= 0.3 is 0 Å². The molecule has 0 aliphatic heterocycles. The average molecular weight is 305 g/mol. The molecule has 0 aliphatic rings. The summed E-state index contributed by atoms with van der Waals surface area (Å²) < 4.78 is 0. The fourth-order valence-electron chi connectivity index (χ4n) is 2.03. The molecule has 0 saturated heterocycles. The first-order valence-corrected chi connectivity index (χ1v) is 7.12. The number of rotatable bonds is 4. The molecule has 1 amide bonds. The van der Waals surface area contributed by atoms with E-state index in [0.717, 1.165) is 17.8 Å². The molecule has 1 aromatic heterocycles. The molecule has 0 radical (unpaired) electrons. The van der Waals surface area contributed by atoms with Crippen LogP contribution in [-0.4, -0.2) is 16.0 Å². The minimum atomic E-state index is -0.243. The third kappa shape index (κ3) is 3.73. The first kappa shape index (κ1) is 15.3. The van der Waals surface area contributed by atoms with E-state index in [4.69, 9.17) is 11.6 Å². The Kier molecular flexibility index (Phi) is 4.81. The Morgan fingerprint density at radius 2 is 2.14 bits per heavy atom. The highest BCUT2D eigenvalue weighted by molar-refractivity contribution is 6.32. The Bertz CT molecular complexity index is 658. The third-order valence-corrected chi connectivity index (χ3v) is 3.49. The second-order valence-corrected chi connectivity index (χ2v) is 5.21. The first-order chi connectivity index (χ1) is 10.0. The summed E-state index contributed by atoms with van der Waals surface area (Å²) in [5.41, 5.74) is 2.15. The first-order valence-electron chi connectivity index (χ1n) is 6.74. The largest absolute Gasteiger partial charge is 0.506 e. The Morgan fingerprint density at radius 1 is 1.38 bits per heavy atom. The number of pyridine rings is 1. The molecule has 2 N–H and O–H groups in total. The lowest BCUT2D eigenvalue weighted by molar-refractivity contribution is 0.0934. The van der Waals surface area contributed by atoms with E-state index in [-0.39, 0.29) is 22.7 Å². The number of hydrogen-bond acceptors (Lipinski definition) is 3. The molecular formula is C16H17ClN2O2. The number of benzene rings is 1. The number of aryl methyl sites for hydroxylation is 1. The zero-order valence-corrected chi connectivity index (χ0v) is 12.7. The quantitative estimate of drug-likeness (QED) is 0.906. The van der Waals surface area contributed by atoms with Gasteiger partial charge in [-0.1, -0.05) is 24.6 Å². The number of amides is 1. The standard InChI is InChI=1S/C16H17ClN2O2/c1-3-13(14-6-4-5-10(2)18-14)19-16(21)11-7-8-15(20)12(17)9-11/h4-9,13,20H,3H2,1-2H3,(H,19,21). The number of nitrogens with zero attached hydrogens (tertiary/aromatic N) is 1. The van der Waals surface area contributed by atoms with Gasteiger partial charge in [0.1, 0.15) is 5.75 Å². The predicted molar refractivity (Wildman–Crippen MR) is 82.6 cm³/mol. The second-order valence-electron chi connectivity index (χ2n) is 4.80. The number of aromatic nitrogens is 1. The van der Waals surface area contributed by atoms with E-state index in [1.54, 1.807) is 0 Å². The minimum absolute atomic E-state index is 0.0411. The number of phenols is 1. The van der Waals surface area contributed by atoms with Crippen LogP contribution in [0.5, 0.6) is 5.75 Å². The van der Waals surface area contributed by atoms with Crippen molar-refractivity contribution in [2.75, 3.05) is 0 Å². The SMILES string of the molecule is CCC(NC(=O)c1ccc(O)c(Cl)c1)c1cccc(C)n1. The van der Waals surface area contributed by atoms with Gasteiger partial charge in [0.15, 0.2) is 0 Å². The van der Waals surface area contributed by atoms with Crippen molar-refractivity contribution in [1.82, 2.24) is 10.3 Å². The molecule has 1 heterocycles. The van der Waals surface area contributed by atoms with Gasteiger partial charge in [-0.3, -0.25) is 9.78 Å². The van der Waals surface area contributed by atoms with Gasteiger partial charge < -0.3 is 10.4 Å². The fourth-order valence-corrected chi connectivity index (χ4v) is 2.21. The number of halogens is 1. The van der Waals surface area contributed by atoms with Crippen LogP contribution in [0.2, 0.25) is 5.02 Å². The topological polar surface area (TPSA) is 62.2 Å². The predicted octanol–water partition coefficient (Wildman–Crippen LogP) is 3.63. The van der Waals surface area contributed by atoms with Crippen LogP contribution < -0.4 is 5.32 Å². The highest BCUT2D eigenvalue weighted by Crippen LogP contribution is 2.24. The molecule has 0 aliphatic carbocycles. The maximum Gasteiger partial charge on any atom is 0.251 e. The molecule has 2 aromatic rings. The monoisotopic (exact) mass is 304 g/mol. The van der Waals surface area contributed by atoms with Crippen LogP contribution in [0.3, 0.4) is 0 Å². The zero-order valence-electron chi connectivity index (χ0n) is 11.9. The van der Waals surface area contributed by atoms with Crippen LogP contribution in [0, 0.1) is 6.92 Å². The minimum Gasteiger partial charge on any atom is -0.506 e. The van der Waals surface area contributed by atoms with Crippen molar-refractivity contribution in [1.29, 1.82) is 0 Å². The number of carbonyl (C=O) groups is 1. The van der Waals surface area contributed by atoms with E-state index in [0.29, 0.717) is 5.56 Å². The number of carbonyl (C=O) groups excluding carboxylic acids is 1. The summed E-state index contributed by atoms with van der Waals surface area (Å²) in [7, 11) is 0. The zero-order chi connectivity index (χ0) is 15.4. The molecule has 2 rings (SSSR count). The Balaban J connectivity index is 2.18. The summed E-state index contributed by atoms with van der Waals surface area (Å²) in [4.78, 5) is 16.7. The van der Waals surface area contributed by atoms with Gasteiger partial charge in [-0.2, -0.15) is 0 Å². The van der Waals surface area contributed by atoms with Crippen molar-refractivity contribution in [3.05, 3.63) is 58.4 Å². The molecule has 1 atom stereocenters. The number of aromatic hydroxyl groups is 1. The molecule has 1 unspecified atom stereocenters. The van der Waals surface area contributed by atoms with Crippen LogP contribution in [-0.2, 0) is 0 Å². The molecule has 0 bridgehead atoms. The smallest absolute Gasteiger partial charge is 0.251 e. The summed E-state index contributed by atoms with van der Waals surface area (Å²) in [6.45, 7) is 3.90. The van der Waals surface area contributed by atoms with Crippen LogP contribution >= 0.6 is 11.6 Å². The van der Waals surface area contributed by atoms with Crippen LogP contribution in [0.4, 0.5) is 0 Å². The number of hydrogen-bond donors (Lipinski definition) is 2. The van der Waals surface area contributed by atoms with Crippen molar-refractivity contribution in [2.45, 2.75) is 26.3 Å². The van der Waals surface area contributed by atoms with E-state index in [1.807, 2.05) is 32.0 Å². The van der Waals surface area contributed by atoms with E-state index < -0.39 is 0 Å². The normalized spacial score (nSPS) is 12.0. The number of phenolic OH excluding ortho intramolecular Hbond substituents is 1. The maximum absolute atomic E-state index is 12.3. The van der Waals surface area contributed by atoms with E-state index in [1.165, 1.54) is 18.2 Å². The van der Waals surface area contributed by atoms with Gasteiger partial charge in [0.05, 0.1) is 16.8 Å².